The molecule has 4 heterocycles. The molecule has 1 aromatic carbocycles. The van der Waals surface area contributed by atoms with E-state index in [2.05, 4.69) is 27.1 Å². The van der Waals surface area contributed by atoms with Crippen LogP contribution in [0.3, 0.4) is 0 Å². The third kappa shape index (κ3) is 3.73. The summed E-state index contributed by atoms with van der Waals surface area (Å²) in [5, 5.41) is 15.3. The minimum absolute atomic E-state index is 0.351. The second kappa shape index (κ2) is 8.36. The van der Waals surface area contributed by atoms with Crippen molar-refractivity contribution in [2.24, 2.45) is 0 Å². The van der Waals surface area contributed by atoms with Gasteiger partial charge in [-0.15, -0.1) is 11.3 Å². The molecular formula is C22H23ClN6O3S. The van der Waals surface area contributed by atoms with Gasteiger partial charge in [-0.3, -0.25) is 4.90 Å². The van der Waals surface area contributed by atoms with Crippen molar-refractivity contribution in [2.75, 3.05) is 39.0 Å². The molecule has 9 nitrogen and oxygen atoms in total. The summed E-state index contributed by atoms with van der Waals surface area (Å²) in [7, 11) is 1.67. The number of ether oxygens (including phenoxy) is 1. The van der Waals surface area contributed by atoms with E-state index in [0.29, 0.717) is 49.1 Å². The molecule has 0 unspecified atom stereocenters. The van der Waals surface area contributed by atoms with Crippen molar-refractivity contribution in [3.8, 4) is 16.2 Å². The van der Waals surface area contributed by atoms with Gasteiger partial charge in [0.2, 0.25) is 0 Å². The van der Waals surface area contributed by atoms with Crippen molar-refractivity contribution >= 4 is 50.5 Å². The molecule has 0 atom stereocenters. The molecule has 0 bridgehead atoms. The Hall–Kier alpha value is -3.08. The number of nitrogen functional groups attached to an aromatic ring is 1. The van der Waals surface area contributed by atoms with Crippen LogP contribution in [0.2, 0.25) is 5.02 Å². The molecule has 0 radical (unpaired) electrons. The van der Waals surface area contributed by atoms with Crippen molar-refractivity contribution in [1.82, 2.24) is 24.4 Å². The lowest BCUT2D eigenvalue weighted by atomic mass is 10.1. The van der Waals surface area contributed by atoms with Crippen LogP contribution in [-0.2, 0) is 6.54 Å². The largest absolute Gasteiger partial charge is 0.495 e. The second-order valence-corrected chi connectivity index (χ2v) is 9.51. The van der Waals surface area contributed by atoms with E-state index in [1.807, 2.05) is 13.0 Å². The maximum Gasteiger partial charge on any atom is 0.407 e. The third-order valence-electron chi connectivity index (χ3n) is 5.99. The summed E-state index contributed by atoms with van der Waals surface area (Å²) >= 11 is 8.58. The van der Waals surface area contributed by atoms with Gasteiger partial charge in [0, 0.05) is 43.2 Å². The number of anilines is 1. The van der Waals surface area contributed by atoms with E-state index in [-0.39, 0.29) is 0 Å². The summed E-state index contributed by atoms with van der Waals surface area (Å²) in [4.78, 5) is 20.0. The molecule has 1 saturated heterocycles. The van der Waals surface area contributed by atoms with Crippen LogP contribution in [-0.4, -0.2) is 68.9 Å². The number of methoxy groups -OCH3 is 1. The zero-order chi connectivity index (χ0) is 23.3. The van der Waals surface area contributed by atoms with E-state index >= 15 is 0 Å². The minimum atomic E-state index is -0.890. The number of aromatic nitrogens is 3. The fourth-order valence-electron chi connectivity index (χ4n) is 4.36. The number of piperazine rings is 1. The maximum absolute atomic E-state index is 11.2. The minimum Gasteiger partial charge on any atom is -0.495 e. The zero-order valence-electron chi connectivity index (χ0n) is 18.2. The third-order valence-corrected chi connectivity index (χ3v) is 7.58. The quantitative estimate of drug-likeness (QED) is 0.449. The maximum atomic E-state index is 11.2. The summed E-state index contributed by atoms with van der Waals surface area (Å²) < 4.78 is 8.40. The molecule has 11 heteroatoms. The monoisotopic (exact) mass is 486 g/mol. The number of nitrogens with two attached hydrogens (primary N) is 1. The van der Waals surface area contributed by atoms with E-state index in [1.54, 1.807) is 23.0 Å². The number of aryl methyl sites for hydroxylation is 1. The first kappa shape index (κ1) is 21.7. The number of nitrogens with zero attached hydrogens (tertiary/aromatic N) is 5. The molecule has 1 aliphatic rings. The van der Waals surface area contributed by atoms with Gasteiger partial charge in [-0.1, -0.05) is 17.7 Å². The first-order valence-electron chi connectivity index (χ1n) is 10.5. The van der Waals surface area contributed by atoms with Crippen LogP contribution in [0.1, 0.15) is 11.3 Å². The van der Waals surface area contributed by atoms with Gasteiger partial charge in [0.1, 0.15) is 17.6 Å². The van der Waals surface area contributed by atoms with Gasteiger partial charge in [-0.25, -0.2) is 14.3 Å². The van der Waals surface area contributed by atoms with E-state index in [1.165, 1.54) is 11.2 Å². The summed E-state index contributed by atoms with van der Waals surface area (Å²) in [6.07, 6.45) is 0.532. The van der Waals surface area contributed by atoms with Crippen LogP contribution < -0.4 is 10.5 Å². The van der Waals surface area contributed by atoms with E-state index in [4.69, 9.17) is 22.1 Å². The number of hydrogen-bond donors (Lipinski definition) is 2. The molecule has 3 N–H and O–H groups in total. The van der Waals surface area contributed by atoms with Crippen LogP contribution in [0.15, 0.2) is 24.5 Å². The fraction of sp³-hybridized carbons (Fsp3) is 0.318. The van der Waals surface area contributed by atoms with Crippen LogP contribution in [0.5, 0.6) is 5.75 Å². The molecule has 172 valence electrons. The summed E-state index contributed by atoms with van der Waals surface area (Å²) in [6.45, 7) is 4.70. The predicted octanol–water partition coefficient (Wildman–Crippen LogP) is 3.96. The topological polar surface area (TPSA) is 109 Å². The van der Waals surface area contributed by atoms with E-state index in [0.717, 1.165) is 37.5 Å². The lowest BCUT2D eigenvalue weighted by Crippen LogP contribution is -2.47. The Morgan fingerprint density at radius 3 is 2.73 bits per heavy atom. The van der Waals surface area contributed by atoms with Gasteiger partial charge in [-0.05, 0) is 30.0 Å². The molecule has 33 heavy (non-hydrogen) atoms. The Labute approximate surface area is 198 Å². The lowest BCUT2D eigenvalue weighted by Gasteiger charge is -2.32. The van der Waals surface area contributed by atoms with Gasteiger partial charge >= 0.3 is 6.09 Å². The number of carbonyl (C=O) groups is 1. The molecule has 5 rings (SSSR count). The molecule has 1 amide bonds. The standard InChI is InChI=1S/C22H23ClN6O3S/c1-12-7-13-9-16(33-20(13)15(8-12)32-2)17-18(23)14(29-19(17)21(24)25-11-26-29)10-27-3-5-28(6-4-27)22(30)31/h7-9,11H,3-6,10H2,1-2H3,(H,30,31)(H2,24,25,26). The summed E-state index contributed by atoms with van der Waals surface area (Å²) in [5.74, 6) is 1.17. The van der Waals surface area contributed by atoms with Crippen molar-refractivity contribution < 1.29 is 14.6 Å². The van der Waals surface area contributed by atoms with Crippen molar-refractivity contribution in [2.45, 2.75) is 13.5 Å². The molecule has 1 fully saturated rings. The normalized spacial score (nSPS) is 14.9. The average molecular weight is 487 g/mol. The Morgan fingerprint density at radius 1 is 1.27 bits per heavy atom. The Kier molecular flexibility index (Phi) is 5.51. The number of thiophene rings is 1. The van der Waals surface area contributed by atoms with Crippen molar-refractivity contribution in [3.05, 3.63) is 40.8 Å². The molecular weight excluding hydrogens is 464 g/mol. The fourth-order valence-corrected chi connectivity index (χ4v) is 5.93. The molecule has 0 aliphatic carbocycles. The number of halogens is 1. The van der Waals surface area contributed by atoms with Crippen molar-refractivity contribution in [3.63, 3.8) is 0 Å². The van der Waals surface area contributed by atoms with Gasteiger partial charge in [0.15, 0.2) is 5.82 Å². The molecule has 0 saturated carbocycles. The van der Waals surface area contributed by atoms with Gasteiger partial charge < -0.3 is 20.5 Å². The summed E-state index contributed by atoms with van der Waals surface area (Å²) in [6, 6.07) is 6.23. The highest BCUT2D eigenvalue weighted by atomic mass is 35.5. The van der Waals surface area contributed by atoms with Gasteiger partial charge in [0.25, 0.3) is 0 Å². The van der Waals surface area contributed by atoms with Gasteiger partial charge in [-0.2, -0.15) is 5.10 Å². The average Bonchev–Trinajstić information content (AvgIpc) is 3.33. The summed E-state index contributed by atoms with van der Waals surface area (Å²) in [5.41, 5.74) is 9.69. The predicted molar refractivity (Wildman–Crippen MR) is 129 cm³/mol. The Morgan fingerprint density at radius 2 is 2.03 bits per heavy atom. The van der Waals surface area contributed by atoms with Crippen LogP contribution in [0, 0.1) is 6.92 Å². The van der Waals surface area contributed by atoms with E-state index < -0.39 is 6.09 Å². The molecule has 1 aliphatic heterocycles. The SMILES string of the molecule is COc1cc(C)cc2cc(-c3c(Cl)c(CN4CCN(C(=O)O)CC4)n4ncnc(N)c34)sc12. The highest BCUT2D eigenvalue weighted by Crippen LogP contribution is 2.46. The van der Waals surface area contributed by atoms with Crippen molar-refractivity contribution in [1.29, 1.82) is 0 Å². The zero-order valence-corrected chi connectivity index (χ0v) is 19.8. The number of carboxylic acid groups (broad SMARTS) is 1. The lowest BCUT2D eigenvalue weighted by molar-refractivity contribution is 0.102. The highest BCUT2D eigenvalue weighted by molar-refractivity contribution is 7.22. The molecule has 3 aromatic heterocycles. The van der Waals surface area contributed by atoms with E-state index in [9.17, 15) is 9.90 Å². The van der Waals surface area contributed by atoms with Crippen LogP contribution in [0.4, 0.5) is 10.6 Å². The Balaban J connectivity index is 1.60. The number of amides is 1. The number of hydrogen-bond acceptors (Lipinski definition) is 7. The first-order chi connectivity index (χ1) is 15.9. The van der Waals surface area contributed by atoms with Crippen LogP contribution in [0.25, 0.3) is 26.0 Å². The number of benzene rings is 1. The number of fused-ring (bicyclic) bond motifs is 2. The first-order valence-corrected chi connectivity index (χ1v) is 11.6. The molecule has 0 spiro atoms. The molecule has 4 aromatic rings. The van der Waals surface area contributed by atoms with Gasteiger partial charge in [0.05, 0.1) is 22.5 Å². The highest BCUT2D eigenvalue weighted by Gasteiger charge is 2.27. The Bertz CT molecular complexity index is 1380. The second-order valence-electron chi connectivity index (χ2n) is 8.08. The number of rotatable bonds is 4. The smallest absolute Gasteiger partial charge is 0.407 e. The van der Waals surface area contributed by atoms with Crippen LogP contribution >= 0.6 is 22.9 Å².